The minimum atomic E-state index is 1.11. The van der Waals surface area contributed by atoms with Gasteiger partial charge >= 0.3 is 0 Å². The fourth-order valence-corrected chi connectivity index (χ4v) is 5.63. The molecule has 0 fully saturated rings. The molecule has 0 saturated heterocycles. The predicted octanol–water partition coefficient (Wildman–Crippen LogP) is 12.1. The van der Waals surface area contributed by atoms with Crippen LogP contribution >= 0.6 is 0 Å². The third-order valence-electron chi connectivity index (χ3n) is 7.75. The maximum Gasteiger partial charge on any atom is 0.0540 e. The minimum absolute atomic E-state index is 1.11. The fourth-order valence-electron chi connectivity index (χ4n) is 5.63. The van der Waals surface area contributed by atoms with Crippen LogP contribution in [0.25, 0.3) is 39.0 Å². The zero-order chi connectivity index (χ0) is 29.4. The van der Waals surface area contributed by atoms with Crippen molar-refractivity contribution >= 4 is 22.6 Å². The highest BCUT2D eigenvalue weighted by Crippen LogP contribution is 2.42. The van der Waals surface area contributed by atoms with Crippen molar-refractivity contribution in [3.8, 4) is 33.4 Å². The highest BCUT2D eigenvalue weighted by Gasteiger charge is 2.18. The predicted molar refractivity (Wildman–Crippen MR) is 186 cm³/mol. The molecule has 0 aromatic heterocycles. The summed E-state index contributed by atoms with van der Waals surface area (Å²) >= 11 is 0. The van der Waals surface area contributed by atoms with Crippen LogP contribution < -0.4 is 4.90 Å². The molecule has 0 aliphatic rings. The second-order valence-electron chi connectivity index (χ2n) is 10.5. The molecule has 0 unspecified atom stereocenters. The van der Waals surface area contributed by atoms with Crippen LogP contribution in [0.4, 0.5) is 17.1 Å². The van der Waals surface area contributed by atoms with Crippen molar-refractivity contribution in [1.82, 2.24) is 0 Å². The molecular weight excluding hydrogens is 518 g/mol. The molecule has 0 heterocycles. The Kier molecular flexibility index (Phi) is 8.43. The third-order valence-corrected chi connectivity index (χ3v) is 7.75. The monoisotopic (exact) mass is 553 g/mol. The molecule has 43 heavy (non-hydrogen) atoms. The molecule has 6 aromatic rings. The van der Waals surface area contributed by atoms with Crippen LogP contribution in [0.3, 0.4) is 0 Å². The summed E-state index contributed by atoms with van der Waals surface area (Å²) in [6.45, 7) is 4.16. The van der Waals surface area contributed by atoms with E-state index in [0.29, 0.717) is 0 Å². The molecule has 6 rings (SSSR count). The first kappa shape index (κ1) is 27.8. The first-order valence-electron chi connectivity index (χ1n) is 14.8. The number of anilines is 3. The van der Waals surface area contributed by atoms with E-state index in [1.807, 2.05) is 0 Å². The van der Waals surface area contributed by atoms with Crippen LogP contribution in [0.2, 0.25) is 0 Å². The summed E-state index contributed by atoms with van der Waals surface area (Å²) < 4.78 is 0. The Hall–Kier alpha value is -5.40. The van der Waals surface area contributed by atoms with Crippen LogP contribution in [0.15, 0.2) is 176 Å². The van der Waals surface area contributed by atoms with E-state index in [2.05, 4.69) is 195 Å². The van der Waals surface area contributed by atoms with Gasteiger partial charge in [-0.25, -0.2) is 0 Å². The first-order chi connectivity index (χ1) is 21.2. The Bertz CT molecular complexity index is 1860. The molecule has 0 aliphatic heterocycles. The van der Waals surface area contributed by atoms with E-state index in [0.717, 1.165) is 17.1 Å². The molecular formula is C42H35N. The van der Waals surface area contributed by atoms with E-state index in [1.165, 1.54) is 44.5 Å². The van der Waals surface area contributed by atoms with Crippen molar-refractivity contribution < 1.29 is 0 Å². The minimum Gasteiger partial charge on any atom is -0.310 e. The van der Waals surface area contributed by atoms with Crippen molar-refractivity contribution in [1.29, 1.82) is 0 Å². The Morgan fingerprint density at radius 2 is 1.00 bits per heavy atom. The maximum absolute atomic E-state index is 2.39. The number of hydrogen-bond acceptors (Lipinski definition) is 1. The van der Waals surface area contributed by atoms with Gasteiger partial charge in [-0.2, -0.15) is 0 Å². The van der Waals surface area contributed by atoms with Gasteiger partial charge in [0.1, 0.15) is 0 Å². The van der Waals surface area contributed by atoms with Crippen molar-refractivity contribution in [3.63, 3.8) is 0 Å². The summed E-state index contributed by atoms with van der Waals surface area (Å²) in [7, 11) is 0. The summed E-state index contributed by atoms with van der Waals surface area (Å²) in [6.07, 6.45) is 6.43. The number of benzene rings is 6. The third kappa shape index (κ3) is 6.12. The van der Waals surface area contributed by atoms with Crippen LogP contribution in [0.1, 0.15) is 19.4 Å². The van der Waals surface area contributed by atoms with Gasteiger partial charge in [-0.3, -0.25) is 0 Å². The zero-order valence-electron chi connectivity index (χ0n) is 24.7. The van der Waals surface area contributed by atoms with Crippen molar-refractivity contribution in [3.05, 3.63) is 182 Å². The lowest BCUT2D eigenvalue weighted by Gasteiger charge is -2.29. The average Bonchev–Trinajstić information content (AvgIpc) is 3.09. The number of nitrogens with zero attached hydrogens (tertiary/aromatic N) is 1. The highest BCUT2D eigenvalue weighted by molar-refractivity contribution is 5.90. The molecule has 0 N–H and O–H groups in total. The van der Waals surface area contributed by atoms with Crippen LogP contribution in [-0.4, -0.2) is 0 Å². The van der Waals surface area contributed by atoms with Gasteiger partial charge in [-0.05, 0) is 83.1 Å². The van der Waals surface area contributed by atoms with Gasteiger partial charge in [0.05, 0.1) is 5.69 Å². The Morgan fingerprint density at radius 1 is 0.465 bits per heavy atom. The smallest absolute Gasteiger partial charge is 0.0540 e. The second-order valence-corrected chi connectivity index (χ2v) is 10.5. The summed E-state index contributed by atoms with van der Waals surface area (Å²) in [4.78, 5) is 2.39. The number of rotatable bonds is 8. The molecule has 1 nitrogen and oxygen atoms in total. The zero-order valence-corrected chi connectivity index (χ0v) is 24.7. The molecule has 0 amide bonds. The molecule has 1 heteroatoms. The van der Waals surface area contributed by atoms with E-state index >= 15 is 0 Å². The molecule has 6 aromatic carbocycles. The summed E-state index contributed by atoms with van der Waals surface area (Å²) in [5, 5.41) is 0. The lowest BCUT2D eigenvalue weighted by Crippen LogP contribution is -2.11. The van der Waals surface area contributed by atoms with Gasteiger partial charge in [-0.1, -0.05) is 146 Å². The largest absolute Gasteiger partial charge is 0.310 e. The molecule has 0 spiro atoms. The van der Waals surface area contributed by atoms with Crippen molar-refractivity contribution in [2.45, 2.75) is 13.8 Å². The number of para-hydroxylation sites is 1. The normalized spacial score (nSPS) is 11.5. The van der Waals surface area contributed by atoms with Crippen LogP contribution in [-0.2, 0) is 0 Å². The van der Waals surface area contributed by atoms with Crippen molar-refractivity contribution in [2.24, 2.45) is 0 Å². The van der Waals surface area contributed by atoms with Gasteiger partial charge in [0.2, 0.25) is 0 Å². The van der Waals surface area contributed by atoms with E-state index in [9.17, 15) is 0 Å². The quantitative estimate of drug-likeness (QED) is 0.169. The van der Waals surface area contributed by atoms with Gasteiger partial charge in [-0.15, -0.1) is 0 Å². The van der Waals surface area contributed by atoms with E-state index in [-0.39, 0.29) is 0 Å². The Labute approximate surface area is 255 Å². The number of allylic oxidation sites excluding steroid dienone is 4. The second kappa shape index (κ2) is 13.1. The molecule has 0 saturated carbocycles. The lowest BCUT2D eigenvalue weighted by atomic mass is 9.97. The molecule has 0 bridgehead atoms. The Balaban J connectivity index is 1.51. The van der Waals surface area contributed by atoms with Gasteiger partial charge < -0.3 is 4.90 Å². The maximum atomic E-state index is 2.39. The molecule has 0 radical (unpaired) electrons. The topological polar surface area (TPSA) is 3.24 Å². The van der Waals surface area contributed by atoms with Gasteiger partial charge in [0.25, 0.3) is 0 Å². The molecule has 208 valence electrons. The molecule has 0 atom stereocenters. The molecule has 0 aliphatic carbocycles. The van der Waals surface area contributed by atoms with Crippen molar-refractivity contribution in [2.75, 3.05) is 4.90 Å². The van der Waals surface area contributed by atoms with Crippen LogP contribution in [0.5, 0.6) is 0 Å². The summed E-state index contributed by atoms with van der Waals surface area (Å²) in [5.41, 5.74) is 12.9. The summed E-state index contributed by atoms with van der Waals surface area (Å²) in [5.74, 6) is 0. The van der Waals surface area contributed by atoms with Crippen LogP contribution in [0, 0.1) is 0 Å². The van der Waals surface area contributed by atoms with E-state index in [4.69, 9.17) is 0 Å². The van der Waals surface area contributed by atoms with E-state index in [1.54, 1.807) is 0 Å². The van der Waals surface area contributed by atoms with E-state index < -0.39 is 0 Å². The fraction of sp³-hybridized carbons (Fsp3) is 0.0476. The van der Waals surface area contributed by atoms with Gasteiger partial charge in [0, 0.05) is 16.9 Å². The first-order valence-corrected chi connectivity index (χ1v) is 14.8. The standard InChI is InChI=1S/C42H35N/c1-3-15-32(4-2)37-20-13-22-39(30-37)43(40-23-14-21-38(31-40)34-18-9-6-10-19-34)42-25-12-11-24-41(42)36-28-26-35(27-29-36)33-16-7-5-8-17-33/h3-31H,1-2H3. The summed E-state index contributed by atoms with van der Waals surface area (Å²) in [6, 6.07) is 56.4. The number of hydrogen-bond donors (Lipinski definition) is 0. The lowest BCUT2D eigenvalue weighted by molar-refractivity contribution is 1.28. The SMILES string of the molecule is CC=CC(=CC)c1cccc(N(c2cccc(-c3ccccc3)c2)c2ccccc2-c2ccc(-c3ccccc3)cc2)c1. The Morgan fingerprint density at radius 3 is 1.67 bits per heavy atom. The average molecular weight is 554 g/mol. The van der Waals surface area contributed by atoms with Gasteiger partial charge in [0.15, 0.2) is 0 Å². The highest BCUT2D eigenvalue weighted by atomic mass is 15.1.